The Labute approximate surface area is 349 Å². The fraction of sp³-hybridized carbons (Fsp3) is 0.542. The van der Waals surface area contributed by atoms with Crippen molar-refractivity contribution in [2.24, 2.45) is 23.2 Å². The number of carbonyl (C=O) groups excluding carboxylic acids is 4. The molecule has 10 heteroatoms. The molecule has 0 aromatic heterocycles. The van der Waals surface area contributed by atoms with Gasteiger partial charge in [0.15, 0.2) is 8.32 Å². The van der Waals surface area contributed by atoms with Gasteiger partial charge in [-0.2, -0.15) is 0 Å². The molecule has 5 atom stereocenters. The summed E-state index contributed by atoms with van der Waals surface area (Å²) in [5.41, 5.74) is -0.235. The third kappa shape index (κ3) is 9.20. The summed E-state index contributed by atoms with van der Waals surface area (Å²) >= 11 is 0. The van der Waals surface area contributed by atoms with Crippen molar-refractivity contribution < 1.29 is 37.5 Å². The molecule has 3 aliphatic rings. The molecule has 0 amide bonds. The van der Waals surface area contributed by atoms with Crippen molar-refractivity contribution in [1.82, 2.24) is 0 Å². The molecule has 1 aliphatic heterocycles. The van der Waals surface area contributed by atoms with Gasteiger partial charge >= 0.3 is 17.9 Å². The van der Waals surface area contributed by atoms with Crippen molar-refractivity contribution in [3.05, 3.63) is 95.6 Å². The third-order valence-corrected chi connectivity index (χ3v) is 23.0. The van der Waals surface area contributed by atoms with E-state index in [4.69, 9.17) is 18.3 Å². The fourth-order valence-electron chi connectivity index (χ4n) is 10.0. The van der Waals surface area contributed by atoms with Gasteiger partial charge in [0.1, 0.15) is 12.4 Å². The van der Waals surface area contributed by atoms with E-state index in [0.717, 1.165) is 56.5 Å². The topological polar surface area (TPSA) is 105 Å². The van der Waals surface area contributed by atoms with Gasteiger partial charge < -0.3 is 23.1 Å². The molecule has 0 spiro atoms. The van der Waals surface area contributed by atoms with Crippen LogP contribution in [0.5, 0.6) is 0 Å². The molecule has 2 aliphatic carbocycles. The second kappa shape index (κ2) is 19.6. The first kappa shape index (κ1) is 45.4. The van der Waals surface area contributed by atoms with E-state index in [1.54, 1.807) is 0 Å². The van der Waals surface area contributed by atoms with E-state index >= 15 is 0 Å². The van der Waals surface area contributed by atoms with Crippen LogP contribution < -0.4 is 10.4 Å². The first-order valence-corrected chi connectivity index (χ1v) is 26.1. The van der Waals surface area contributed by atoms with Gasteiger partial charge in [-0.1, -0.05) is 133 Å². The average molecular weight is 827 g/mol. The van der Waals surface area contributed by atoms with E-state index in [-0.39, 0.29) is 41.0 Å². The summed E-state index contributed by atoms with van der Waals surface area (Å²) in [4.78, 5) is 54.6. The molecular formula is C48H66O8Si2. The van der Waals surface area contributed by atoms with Crippen molar-refractivity contribution in [2.45, 2.75) is 130 Å². The Morgan fingerprint density at radius 3 is 2.03 bits per heavy atom. The molecule has 0 radical (unpaired) electrons. The van der Waals surface area contributed by atoms with Gasteiger partial charge in [0.25, 0.3) is 8.32 Å². The van der Waals surface area contributed by atoms with E-state index < -0.39 is 52.0 Å². The molecule has 0 saturated carbocycles. The molecule has 0 fully saturated rings. The minimum Gasteiger partial charge on any atom is -0.457 e. The highest BCUT2D eigenvalue weighted by atomic mass is 28.4. The Bertz CT molecular complexity index is 1790. The summed E-state index contributed by atoms with van der Waals surface area (Å²) in [6.07, 6.45) is 11.7. The zero-order valence-corrected chi connectivity index (χ0v) is 38.1. The number of fused-ring (bicyclic) bond motifs is 3. The fourth-order valence-corrected chi connectivity index (χ4v) is 17.3. The normalized spacial score (nSPS) is 23.7. The predicted molar refractivity (Wildman–Crippen MR) is 235 cm³/mol. The summed E-state index contributed by atoms with van der Waals surface area (Å²) in [5.74, 6) is -3.03. The molecule has 1 unspecified atom stereocenters. The third-order valence-electron chi connectivity index (χ3n) is 13.3. The van der Waals surface area contributed by atoms with Crippen molar-refractivity contribution in [3.63, 3.8) is 0 Å². The van der Waals surface area contributed by atoms with Gasteiger partial charge in [-0.25, -0.2) is 9.59 Å². The van der Waals surface area contributed by atoms with Crippen LogP contribution >= 0.6 is 0 Å². The Balaban J connectivity index is 1.66. The lowest BCUT2D eigenvalue weighted by Gasteiger charge is -2.46. The highest BCUT2D eigenvalue weighted by Gasteiger charge is 2.59. The van der Waals surface area contributed by atoms with Gasteiger partial charge in [0.05, 0.1) is 17.6 Å². The standard InChI is InChI=1S/C48H66O8Si2/c1-9-13-14-15-16-19-24-36-31-41-44(55-35(5)50)42(43-40(45(51)56-46(43)52)32-48(41,33-49)34-54-57(10-2,11-3)12-4)39(36)29-30-53-58(47(6,7)8,37-25-20-17-21-26-37)38-27-22-18-23-28-38/h9,13,17-18,20-23,25-28,31,33,36,39,42,44H,10-12,14-16,19,24,29-30,32,34H2,1-8H3/b13-9+/t36-,39+,42+,44+,48?/m1/s1. The zero-order chi connectivity index (χ0) is 42.1. The number of carbonyl (C=O) groups is 4. The van der Waals surface area contributed by atoms with Gasteiger partial charge in [-0.05, 0) is 90.0 Å². The van der Waals surface area contributed by atoms with Crippen molar-refractivity contribution in [2.75, 3.05) is 13.2 Å². The van der Waals surface area contributed by atoms with Gasteiger partial charge in [-0.3, -0.25) is 4.79 Å². The minimum atomic E-state index is -2.93. The maximum absolute atomic E-state index is 14.0. The molecule has 314 valence electrons. The van der Waals surface area contributed by atoms with Crippen LogP contribution in [-0.4, -0.2) is 60.1 Å². The highest BCUT2D eigenvalue weighted by Crippen LogP contribution is 2.55. The predicted octanol–water partition coefficient (Wildman–Crippen LogP) is 9.19. The van der Waals surface area contributed by atoms with Crippen molar-refractivity contribution >= 4 is 51.2 Å². The number of esters is 3. The van der Waals surface area contributed by atoms with E-state index in [1.165, 1.54) is 17.3 Å². The van der Waals surface area contributed by atoms with Crippen LogP contribution in [-0.2, 0) is 37.5 Å². The van der Waals surface area contributed by atoms with E-state index in [0.29, 0.717) is 18.6 Å². The Morgan fingerprint density at radius 1 is 0.879 bits per heavy atom. The maximum Gasteiger partial charge on any atom is 0.342 e. The molecule has 2 aromatic carbocycles. The Hall–Kier alpha value is -3.71. The first-order valence-electron chi connectivity index (χ1n) is 21.6. The quantitative estimate of drug-likeness (QED) is 0.0325. The first-order chi connectivity index (χ1) is 27.8. The molecule has 0 saturated heterocycles. The number of ether oxygens (including phenoxy) is 2. The Morgan fingerprint density at radius 2 is 1.50 bits per heavy atom. The van der Waals surface area contributed by atoms with Crippen molar-refractivity contribution in [1.29, 1.82) is 0 Å². The van der Waals surface area contributed by atoms with Crippen LogP contribution in [0.2, 0.25) is 23.2 Å². The van der Waals surface area contributed by atoms with E-state index in [2.05, 4.69) is 108 Å². The molecule has 8 nitrogen and oxygen atoms in total. The molecule has 2 bridgehead atoms. The number of allylic oxidation sites excluding steroid dienone is 3. The summed E-state index contributed by atoms with van der Waals surface area (Å²) in [7, 11) is -5.15. The van der Waals surface area contributed by atoms with E-state index in [9.17, 15) is 19.2 Å². The molecule has 1 heterocycles. The van der Waals surface area contributed by atoms with Crippen LogP contribution in [0.15, 0.2) is 95.6 Å². The van der Waals surface area contributed by atoms with Crippen LogP contribution in [0.4, 0.5) is 0 Å². The maximum atomic E-state index is 14.0. The van der Waals surface area contributed by atoms with E-state index in [1.807, 2.05) is 19.1 Å². The number of unbranched alkanes of at least 4 members (excludes halogenated alkanes) is 3. The van der Waals surface area contributed by atoms with Crippen LogP contribution in [0.3, 0.4) is 0 Å². The number of aldehydes is 1. The molecule has 0 N–H and O–H groups in total. The van der Waals surface area contributed by atoms with Crippen molar-refractivity contribution in [3.8, 4) is 0 Å². The number of benzene rings is 2. The summed E-state index contributed by atoms with van der Waals surface area (Å²) < 4.78 is 26.0. The van der Waals surface area contributed by atoms with Crippen LogP contribution in [0.1, 0.15) is 100 Å². The summed E-state index contributed by atoms with van der Waals surface area (Å²) in [6, 6.07) is 23.6. The average Bonchev–Trinajstić information content (AvgIpc) is 3.44. The number of cyclic esters (lactones) is 2. The number of rotatable bonds is 20. The zero-order valence-electron chi connectivity index (χ0n) is 36.1. The van der Waals surface area contributed by atoms with Gasteiger partial charge in [-0.15, -0.1) is 0 Å². The Kier molecular flexibility index (Phi) is 15.3. The number of hydrogen-bond donors (Lipinski definition) is 0. The second-order valence-electron chi connectivity index (χ2n) is 17.6. The second-order valence-corrected chi connectivity index (χ2v) is 26.6. The van der Waals surface area contributed by atoms with Gasteiger partial charge in [0.2, 0.25) is 0 Å². The van der Waals surface area contributed by atoms with Crippen LogP contribution in [0.25, 0.3) is 0 Å². The monoisotopic (exact) mass is 826 g/mol. The largest absolute Gasteiger partial charge is 0.457 e. The molecule has 2 aromatic rings. The number of hydrogen-bond acceptors (Lipinski definition) is 8. The highest BCUT2D eigenvalue weighted by molar-refractivity contribution is 6.99. The summed E-state index contributed by atoms with van der Waals surface area (Å²) in [5, 5.41) is 2.08. The summed E-state index contributed by atoms with van der Waals surface area (Å²) in [6.45, 7) is 17.0. The molecule has 5 rings (SSSR count). The molecule has 58 heavy (non-hydrogen) atoms. The SMILES string of the molecule is C/C=C/CCCCC[C@@H]1C=C2[C@H](OC(C)=O)[C@H](C3=C(CC2(C=O)CO[Si](CC)(CC)CC)C(=O)OC3=O)[C@H]1CCO[Si](c1ccccc1)(c1ccccc1)C(C)(C)C. The lowest BCUT2D eigenvalue weighted by molar-refractivity contribution is -0.155. The minimum absolute atomic E-state index is 0.0422. The lowest BCUT2D eigenvalue weighted by atomic mass is 9.63. The molecular weight excluding hydrogens is 761 g/mol. The van der Waals surface area contributed by atoms with Crippen LogP contribution in [0, 0.1) is 23.2 Å². The lowest BCUT2D eigenvalue weighted by Crippen LogP contribution is -2.66. The smallest absolute Gasteiger partial charge is 0.342 e. The van der Waals surface area contributed by atoms with Gasteiger partial charge in [0, 0.05) is 25.0 Å².